The Hall–Kier alpha value is -0.0800. The molecule has 2 N–H and O–H groups in total. The summed E-state index contributed by atoms with van der Waals surface area (Å²) in [5.74, 6) is 0.907. The molecule has 1 aliphatic carbocycles. The van der Waals surface area contributed by atoms with Crippen LogP contribution in [0.4, 0.5) is 0 Å². The van der Waals surface area contributed by atoms with Gasteiger partial charge >= 0.3 is 0 Å². The highest BCUT2D eigenvalue weighted by Crippen LogP contribution is 2.32. The van der Waals surface area contributed by atoms with Crippen LogP contribution in [0.1, 0.15) is 19.3 Å². The predicted octanol–water partition coefficient (Wildman–Crippen LogP) is 0.428. The van der Waals surface area contributed by atoms with Crippen molar-refractivity contribution >= 4 is 0 Å². The van der Waals surface area contributed by atoms with Gasteiger partial charge < -0.3 is 10.6 Å². The van der Waals surface area contributed by atoms with Crippen molar-refractivity contribution in [3.63, 3.8) is 0 Å². The van der Waals surface area contributed by atoms with E-state index in [4.69, 9.17) is 5.73 Å². The molecule has 0 spiro atoms. The Morgan fingerprint density at radius 2 is 2.20 bits per heavy atom. The summed E-state index contributed by atoms with van der Waals surface area (Å²) in [7, 11) is 2.20. The minimum Gasteiger partial charge on any atom is -0.326 e. The molecule has 58 valence electrons. The van der Waals surface area contributed by atoms with Gasteiger partial charge in [-0.3, -0.25) is 0 Å². The minimum absolute atomic E-state index is 0.470. The van der Waals surface area contributed by atoms with Crippen LogP contribution < -0.4 is 5.73 Å². The molecule has 2 heteroatoms. The Bertz CT molecular complexity index is 123. The molecule has 2 heterocycles. The van der Waals surface area contributed by atoms with Crippen molar-refractivity contribution in [2.24, 2.45) is 11.7 Å². The van der Waals surface area contributed by atoms with Gasteiger partial charge in [0.2, 0.25) is 0 Å². The van der Waals surface area contributed by atoms with E-state index in [0.717, 1.165) is 5.92 Å². The van der Waals surface area contributed by atoms with E-state index in [1.54, 1.807) is 0 Å². The van der Waals surface area contributed by atoms with E-state index in [0.29, 0.717) is 12.1 Å². The fourth-order valence-corrected chi connectivity index (χ4v) is 2.54. The molecule has 0 radical (unpaired) electrons. The lowest BCUT2D eigenvalue weighted by Crippen LogP contribution is -2.57. The van der Waals surface area contributed by atoms with Gasteiger partial charge in [0.05, 0.1) is 0 Å². The second kappa shape index (κ2) is 2.21. The first-order valence-electron chi connectivity index (χ1n) is 4.23. The molecule has 10 heavy (non-hydrogen) atoms. The Labute approximate surface area is 62.4 Å². The second-order valence-corrected chi connectivity index (χ2v) is 3.85. The Balaban J connectivity index is 2.11. The molecular weight excluding hydrogens is 124 g/mol. The van der Waals surface area contributed by atoms with Crippen LogP contribution in [0.15, 0.2) is 0 Å². The molecule has 0 aromatic rings. The normalized spacial score (nSPS) is 48.0. The zero-order valence-electron chi connectivity index (χ0n) is 6.59. The number of nitrogens with zero attached hydrogens (tertiary/aromatic N) is 1. The molecule has 2 unspecified atom stereocenters. The lowest BCUT2D eigenvalue weighted by atomic mass is 9.77. The summed E-state index contributed by atoms with van der Waals surface area (Å²) < 4.78 is 0. The standard InChI is InChI=1S/C8H16N2/c1-10-5-6-2-3-8(10)7(9)4-6/h6-8H,2-5,9H2,1H3/t6?,7-,8?/m0/s1. The van der Waals surface area contributed by atoms with E-state index >= 15 is 0 Å². The highest BCUT2D eigenvalue weighted by molar-refractivity contribution is 4.94. The monoisotopic (exact) mass is 140 g/mol. The molecule has 0 aromatic heterocycles. The maximum atomic E-state index is 5.97. The molecule has 2 aliphatic heterocycles. The number of piperidine rings is 2. The van der Waals surface area contributed by atoms with Gasteiger partial charge in [0.25, 0.3) is 0 Å². The van der Waals surface area contributed by atoms with E-state index in [1.807, 2.05) is 0 Å². The zero-order chi connectivity index (χ0) is 7.14. The number of likely N-dealkylation sites (N-methyl/N-ethyl adjacent to an activating group) is 1. The second-order valence-electron chi connectivity index (χ2n) is 3.85. The van der Waals surface area contributed by atoms with Crippen LogP contribution in [-0.4, -0.2) is 30.6 Å². The van der Waals surface area contributed by atoms with Crippen molar-refractivity contribution in [1.82, 2.24) is 4.90 Å². The summed E-state index contributed by atoms with van der Waals surface area (Å²) in [5.41, 5.74) is 5.97. The van der Waals surface area contributed by atoms with Crippen LogP contribution in [0.5, 0.6) is 0 Å². The fourth-order valence-electron chi connectivity index (χ4n) is 2.54. The third-order valence-electron chi connectivity index (χ3n) is 3.08. The van der Waals surface area contributed by atoms with Gasteiger partial charge in [-0.25, -0.2) is 0 Å². The van der Waals surface area contributed by atoms with Gasteiger partial charge in [-0.1, -0.05) is 0 Å². The molecule has 0 aromatic carbocycles. The molecule has 1 saturated carbocycles. The third-order valence-corrected chi connectivity index (χ3v) is 3.08. The highest BCUT2D eigenvalue weighted by atomic mass is 15.2. The number of hydrogen-bond donors (Lipinski definition) is 1. The SMILES string of the molecule is CN1CC2CCC1[C@@H](N)C2. The minimum atomic E-state index is 0.470. The van der Waals surface area contributed by atoms with Crippen LogP contribution in [-0.2, 0) is 0 Å². The number of rotatable bonds is 0. The smallest absolute Gasteiger partial charge is 0.0244 e. The van der Waals surface area contributed by atoms with Crippen molar-refractivity contribution in [3.05, 3.63) is 0 Å². The Morgan fingerprint density at radius 3 is 2.60 bits per heavy atom. The zero-order valence-corrected chi connectivity index (χ0v) is 6.59. The van der Waals surface area contributed by atoms with Crippen molar-refractivity contribution < 1.29 is 0 Å². The van der Waals surface area contributed by atoms with Crippen LogP contribution >= 0.6 is 0 Å². The van der Waals surface area contributed by atoms with Gasteiger partial charge in [-0.15, -0.1) is 0 Å². The third kappa shape index (κ3) is 0.867. The van der Waals surface area contributed by atoms with Crippen molar-refractivity contribution in [1.29, 1.82) is 0 Å². The van der Waals surface area contributed by atoms with Gasteiger partial charge in [0.15, 0.2) is 0 Å². The van der Waals surface area contributed by atoms with Crippen molar-refractivity contribution in [3.8, 4) is 0 Å². The topological polar surface area (TPSA) is 29.3 Å². The summed E-state index contributed by atoms with van der Waals surface area (Å²) >= 11 is 0. The molecule has 3 aliphatic rings. The van der Waals surface area contributed by atoms with E-state index in [2.05, 4.69) is 11.9 Å². The fraction of sp³-hybridized carbons (Fsp3) is 1.00. The molecule has 3 fully saturated rings. The Morgan fingerprint density at radius 1 is 1.40 bits per heavy atom. The quantitative estimate of drug-likeness (QED) is 0.528. The lowest BCUT2D eigenvalue weighted by Gasteiger charge is -2.47. The number of fused-ring (bicyclic) bond motifs is 3. The summed E-state index contributed by atoms with van der Waals surface area (Å²) in [4.78, 5) is 2.43. The molecular formula is C8H16N2. The Kier molecular flexibility index (Phi) is 1.46. The maximum Gasteiger partial charge on any atom is 0.0244 e. The van der Waals surface area contributed by atoms with E-state index in [9.17, 15) is 0 Å². The summed E-state index contributed by atoms with van der Waals surface area (Å²) in [5, 5.41) is 0. The summed E-state index contributed by atoms with van der Waals surface area (Å²) in [6.07, 6.45) is 4.03. The van der Waals surface area contributed by atoms with Crippen LogP contribution in [0.25, 0.3) is 0 Å². The van der Waals surface area contributed by atoms with Gasteiger partial charge in [-0.05, 0) is 32.2 Å². The van der Waals surface area contributed by atoms with E-state index < -0.39 is 0 Å². The van der Waals surface area contributed by atoms with Crippen molar-refractivity contribution in [2.45, 2.75) is 31.3 Å². The molecule has 3 rings (SSSR count). The first-order valence-corrected chi connectivity index (χ1v) is 4.23. The number of hydrogen-bond acceptors (Lipinski definition) is 2. The summed E-state index contributed by atoms with van der Waals surface area (Å²) in [6, 6.07) is 1.17. The van der Waals surface area contributed by atoms with E-state index in [-0.39, 0.29) is 0 Å². The van der Waals surface area contributed by atoms with Gasteiger partial charge in [0.1, 0.15) is 0 Å². The molecule has 3 atom stereocenters. The lowest BCUT2D eigenvalue weighted by molar-refractivity contribution is 0.0542. The average molecular weight is 140 g/mol. The van der Waals surface area contributed by atoms with Crippen LogP contribution in [0.2, 0.25) is 0 Å². The van der Waals surface area contributed by atoms with Gasteiger partial charge in [0, 0.05) is 18.6 Å². The largest absolute Gasteiger partial charge is 0.326 e. The molecule has 2 saturated heterocycles. The highest BCUT2D eigenvalue weighted by Gasteiger charge is 2.36. The molecule has 2 nitrogen and oxygen atoms in total. The van der Waals surface area contributed by atoms with E-state index in [1.165, 1.54) is 25.8 Å². The average Bonchev–Trinajstić information content (AvgIpc) is 1.86. The van der Waals surface area contributed by atoms with Gasteiger partial charge in [-0.2, -0.15) is 0 Å². The maximum absolute atomic E-state index is 5.97. The molecule has 2 bridgehead atoms. The summed E-state index contributed by atoms with van der Waals surface area (Å²) in [6.45, 7) is 1.29. The first kappa shape index (κ1) is 6.62. The van der Waals surface area contributed by atoms with Crippen LogP contribution in [0, 0.1) is 5.92 Å². The van der Waals surface area contributed by atoms with Crippen molar-refractivity contribution in [2.75, 3.05) is 13.6 Å². The predicted molar refractivity (Wildman–Crippen MR) is 41.7 cm³/mol. The van der Waals surface area contributed by atoms with Crippen LogP contribution in [0.3, 0.4) is 0 Å². The first-order chi connectivity index (χ1) is 4.77. The number of nitrogens with two attached hydrogens (primary N) is 1. The molecule has 0 amide bonds.